The molecule has 5 rings (SSSR count). The molecule has 0 bridgehead atoms. The Morgan fingerprint density at radius 1 is 1.19 bits per heavy atom. The Kier molecular flexibility index (Phi) is 7.11. The highest BCUT2D eigenvalue weighted by molar-refractivity contribution is 6.00. The quantitative estimate of drug-likeness (QED) is 0.498. The molecule has 37 heavy (non-hydrogen) atoms. The van der Waals surface area contributed by atoms with Gasteiger partial charge in [-0.25, -0.2) is 0 Å². The molecule has 2 saturated carbocycles. The Labute approximate surface area is 221 Å². The number of aliphatic hydroxyl groups is 1. The van der Waals surface area contributed by atoms with Gasteiger partial charge in [-0.3, -0.25) is 9.59 Å². The Morgan fingerprint density at radius 3 is 2.46 bits per heavy atom. The van der Waals surface area contributed by atoms with E-state index in [1.54, 1.807) is 6.07 Å². The second kappa shape index (κ2) is 9.48. The molecule has 7 nitrogen and oxygen atoms in total. The standard InChI is InChI=1S/C28H41NO4.C2H4O2/c1-16(2)10-12-29-15-20-18(25(29)32)13-21(30)19-14-28(33-24(19)20)17(3)7-8-22-26(4,5)23(31)9-11-27(22,28)6;1-2(3)4/h13,16-17,22-23,30-31H,7-12,14-15H2,1-6H3;1H3,(H,3,4). The van der Waals surface area contributed by atoms with Crippen LogP contribution in [-0.2, 0) is 17.8 Å². The van der Waals surface area contributed by atoms with Crippen molar-refractivity contribution in [1.29, 1.82) is 0 Å². The molecule has 7 heteroatoms. The van der Waals surface area contributed by atoms with Crippen LogP contribution in [0.1, 0.15) is 102 Å². The van der Waals surface area contributed by atoms with Crippen LogP contribution in [0.4, 0.5) is 0 Å². The minimum atomic E-state index is -0.833. The van der Waals surface area contributed by atoms with Crippen molar-refractivity contribution in [3.8, 4) is 11.5 Å². The number of hydrogen-bond donors (Lipinski definition) is 3. The minimum Gasteiger partial charge on any atom is -0.508 e. The van der Waals surface area contributed by atoms with Gasteiger partial charge in [0.25, 0.3) is 11.9 Å². The SMILES string of the molecule is CC(=O)O.CC(C)CCN1Cc2c(cc(O)c3c2OC2(C3)C(C)CCC3C(C)(C)C(O)CCC32C)C1=O. The van der Waals surface area contributed by atoms with E-state index in [-0.39, 0.29) is 28.6 Å². The average Bonchev–Trinajstić information content (AvgIpc) is 3.34. The number of amides is 1. The van der Waals surface area contributed by atoms with Gasteiger partial charge in [0.1, 0.15) is 17.1 Å². The third-order valence-electron chi connectivity index (χ3n) is 10.1. The maximum absolute atomic E-state index is 13.1. The summed E-state index contributed by atoms with van der Waals surface area (Å²) in [4.78, 5) is 24.0. The summed E-state index contributed by atoms with van der Waals surface area (Å²) in [5.41, 5.74) is 1.75. The molecule has 5 atom stereocenters. The molecule has 0 saturated heterocycles. The molecule has 0 radical (unpaired) electrons. The smallest absolute Gasteiger partial charge is 0.300 e. The highest BCUT2D eigenvalue weighted by Gasteiger charge is 2.67. The lowest BCUT2D eigenvalue weighted by Crippen LogP contribution is -2.66. The summed E-state index contributed by atoms with van der Waals surface area (Å²) >= 11 is 0. The van der Waals surface area contributed by atoms with Crippen LogP contribution in [0.3, 0.4) is 0 Å². The van der Waals surface area contributed by atoms with Crippen molar-refractivity contribution in [3.63, 3.8) is 0 Å². The lowest BCUT2D eigenvalue weighted by atomic mass is 9.43. The summed E-state index contributed by atoms with van der Waals surface area (Å²) in [7, 11) is 0. The minimum absolute atomic E-state index is 0.0102. The van der Waals surface area contributed by atoms with E-state index in [0.717, 1.165) is 62.4 Å². The predicted molar refractivity (Wildman–Crippen MR) is 142 cm³/mol. The molecule has 2 aliphatic carbocycles. The summed E-state index contributed by atoms with van der Waals surface area (Å²) in [5.74, 6) is 1.36. The summed E-state index contributed by atoms with van der Waals surface area (Å²) < 4.78 is 7.07. The number of carboxylic acids is 1. The zero-order valence-electron chi connectivity index (χ0n) is 23.6. The Balaban J connectivity index is 0.000000747. The van der Waals surface area contributed by atoms with Gasteiger partial charge < -0.3 is 25.0 Å². The number of aliphatic carboxylic acids is 1. The number of ether oxygens (including phenoxy) is 1. The number of phenolic OH excluding ortho intramolecular Hbond substituents is 1. The summed E-state index contributed by atoms with van der Waals surface area (Å²) in [5, 5.41) is 29.3. The lowest BCUT2D eigenvalue weighted by molar-refractivity contribution is -0.210. The van der Waals surface area contributed by atoms with E-state index in [2.05, 4.69) is 41.5 Å². The lowest BCUT2D eigenvalue weighted by Gasteiger charge is -2.64. The van der Waals surface area contributed by atoms with E-state index in [1.807, 2.05) is 4.90 Å². The van der Waals surface area contributed by atoms with Crippen LogP contribution in [0, 0.1) is 28.6 Å². The molecule has 1 spiro atoms. The summed E-state index contributed by atoms with van der Waals surface area (Å²) in [6.07, 6.45) is 5.19. The average molecular weight is 516 g/mol. The first-order valence-corrected chi connectivity index (χ1v) is 13.9. The van der Waals surface area contributed by atoms with Gasteiger partial charge >= 0.3 is 0 Å². The highest BCUT2D eigenvalue weighted by Crippen LogP contribution is 2.67. The molecule has 1 aromatic carbocycles. The fourth-order valence-corrected chi connectivity index (χ4v) is 7.92. The van der Waals surface area contributed by atoms with E-state index in [1.165, 1.54) is 0 Å². The van der Waals surface area contributed by atoms with Gasteiger partial charge in [-0.05, 0) is 61.3 Å². The fourth-order valence-electron chi connectivity index (χ4n) is 7.92. The van der Waals surface area contributed by atoms with Crippen LogP contribution in [0.15, 0.2) is 6.07 Å². The van der Waals surface area contributed by atoms with Gasteiger partial charge in [0, 0.05) is 36.4 Å². The Hall–Kier alpha value is -2.28. The molecular weight excluding hydrogens is 470 g/mol. The van der Waals surface area contributed by atoms with Crippen molar-refractivity contribution in [2.75, 3.05) is 6.54 Å². The summed E-state index contributed by atoms with van der Waals surface area (Å²) in [6.45, 7) is 15.8. The third kappa shape index (κ3) is 4.31. The van der Waals surface area contributed by atoms with E-state index in [4.69, 9.17) is 14.6 Å². The third-order valence-corrected chi connectivity index (χ3v) is 10.1. The van der Waals surface area contributed by atoms with Gasteiger partial charge in [-0.15, -0.1) is 0 Å². The fraction of sp³-hybridized carbons (Fsp3) is 0.733. The van der Waals surface area contributed by atoms with Crippen LogP contribution in [-0.4, -0.2) is 50.3 Å². The van der Waals surface area contributed by atoms with Gasteiger partial charge in [-0.1, -0.05) is 41.5 Å². The number of fused-ring (bicyclic) bond motifs is 5. The zero-order chi connectivity index (χ0) is 27.5. The maximum atomic E-state index is 13.1. The molecule has 2 heterocycles. The first kappa shape index (κ1) is 27.7. The van der Waals surface area contributed by atoms with Crippen molar-refractivity contribution in [2.45, 2.75) is 105 Å². The van der Waals surface area contributed by atoms with Gasteiger partial charge in [0.15, 0.2) is 0 Å². The number of carbonyl (C=O) groups is 2. The normalized spacial score (nSPS) is 33.4. The largest absolute Gasteiger partial charge is 0.508 e. The zero-order valence-corrected chi connectivity index (χ0v) is 23.6. The van der Waals surface area contributed by atoms with Crippen LogP contribution in [0.2, 0.25) is 0 Å². The molecule has 1 aromatic rings. The summed E-state index contributed by atoms with van der Waals surface area (Å²) in [6, 6.07) is 1.69. The predicted octanol–water partition coefficient (Wildman–Crippen LogP) is 5.39. The van der Waals surface area contributed by atoms with Crippen molar-refractivity contribution in [3.05, 3.63) is 22.8 Å². The number of aromatic hydroxyl groups is 1. The molecule has 4 aliphatic rings. The van der Waals surface area contributed by atoms with Crippen molar-refractivity contribution >= 4 is 11.9 Å². The topological polar surface area (TPSA) is 107 Å². The van der Waals surface area contributed by atoms with Gasteiger partial charge in [0.05, 0.1) is 18.2 Å². The molecule has 1 amide bonds. The van der Waals surface area contributed by atoms with Gasteiger partial charge in [0.2, 0.25) is 0 Å². The van der Waals surface area contributed by atoms with Crippen LogP contribution in [0.25, 0.3) is 0 Å². The van der Waals surface area contributed by atoms with Crippen LogP contribution in [0.5, 0.6) is 11.5 Å². The molecule has 206 valence electrons. The second-order valence-corrected chi connectivity index (χ2v) is 13.2. The number of carbonyl (C=O) groups excluding carboxylic acids is 1. The Morgan fingerprint density at radius 2 is 1.84 bits per heavy atom. The number of aliphatic hydroxyl groups excluding tert-OH is 1. The first-order chi connectivity index (χ1) is 17.2. The van der Waals surface area contributed by atoms with Gasteiger partial charge in [-0.2, -0.15) is 0 Å². The number of hydrogen-bond acceptors (Lipinski definition) is 5. The second-order valence-electron chi connectivity index (χ2n) is 13.2. The molecule has 0 aromatic heterocycles. The van der Waals surface area contributed by atoms with Crippen molar-refractivity contribution in [2.24, 2.45) is 28.6 Å². The van der Waals surface area contributed by atoms with E-state index in [9.17, 15) is 15.0 Å². The molecule has 5 unspecified atom stereocenters. The van der Waals surface area contributed by atoms with E-state index in [0.29, 0.717) is 36.3 Å². The molecular formula is C30H45NO6. The van der Waals surface area contributed by atoms with Crippen molar-refractivity contribution in [1.82, 2.24) is 4.90 Å². The van der Waals surface area contributed by atoms with E-state index >= 15 is 0 Å². The number of rotatable bonds is 3. The number of phenols is 1. The van der Waals surface area contributed by atoms with Crippen LogP contribution >= 0.6 is 0 Å². The molecule has 2 aliphatic heterocycles. The number of benzene rings is 1. The van der Waals surface area contributed by atoms with Crippen LogP contribution < -0.4 is 4.74 Å². The highest BCUT2D eigenvalue weighted by atomic mass is 16.5. The number of carboxylic acid groups (broad SMARTS) is 1. The number of nitrogens with zero attached hydrogens (tertiary/aromatic N) is 1. The van der Waals surface area contributed by atoms with Crippen molar-refractivity contribution < 1.29 is 29.6 Å². The maximum Gasteiger partial charge on any atom is 0.300 e. The van der Waals surface area contributed by atoms with E-state index < -0.39 is 11.6 Å². The molecule has 2 fully saturated rings. The monoisotopic (exact) mass is 515 g/mol. The first-order valence-electron chi connectivity index (χ1n) is 13.9. The molecule has 3 N–H and O–H groups in total. The Bertz CT molecular complexity index is 1080.